The summed E-state index contributed by atoms with van der Waals surface area (Å²) in [6, 6.07) is 0. The van der Waals surface area contributed by atoms with Crippen LogP contribution in [0, 0.1) is 0 Å². The monoisotopic (exact) mass is 134 g/mol. The topological polar surface area (TPSA) is 18.5 Å². The van der Waals surface area contributed by atoms with Crippen molar-refractivity contribution in [3.63, 3.8) is 0 Å². The molecule has 0 aromatic carbocycles. The Morgan fingerprint density at radius 3 is 2.00 bits per heavy atom. The largest absolute Gasteiger partial charge is 0.382 e. The first-order valence-corrected chi connectivity index (χ1v) is 2.86. The summed E-state index contributed by atoms with van der Waals surface area (Å²) >= 11 is 0. The predicted octanol–water partition coefficient (Wildman–Crippen LogP) is 1.69. The molecule has 0 aromatic rings. The molecule has 0 saturated carbocycles. The molecule has 0 aliphatic carbocycles. The summed E-state index contributed by atoms with van der Waals surface area (Å²) in [4.78, 5) is 0. The van der Waals surface area contributed by atoms with E-state index in [2.05, 4.69) is 6.92 Å². The van der Waals surface area contributed by atoms with E-state index in [1.54, 1.807) is 14.2 Å². The number of hydrogen-bond acceptors (Lipinski definition) is 2. The minimum absolute atomic E-state index is 0. The molecule has 1 unspecified atom stereocenters. The molecule has 0 radical (unpaired) electrons. The first kappa shape index (κ1) is 11.7. The molecule has 0 aliphatic heterocycles. The van der Waals surface area contributed by atoms with Gasteiger partial charge in [0.05, 0.1) is 12.7 Å². The van der Waals surface area contributed by atoms with E-state index in [1.807, 2.05) is 0 Å². The fraction of sp³-hybridized carbons (Fsp3) is 1.00. The number of methoxy groups -OCH3 is 2. The van der Waals surface area contributed by atoms with Gasteiger partial charge >= 0.3 is 0 Å². The second kappa shape index (κ2) is 7.92. The van der Waals surface area contributed by atoms with E-state index < -0.39 is 0 Å². The van der Waals surface area contributed by atoms with Crippen LogP contribution in [0.3, 0.4) is 0 Å². The molecule has 2 heteroatoms. The summed E-state index contributed by atoms with van der Waals surface area (Å²) in [6.07, 6.45) is 1.30. The number of rotatable bonds is 4. The summed E-state index contributed by atoms with van der Waals surface area (Å²) in [7, 11) is 3.38. The Balaban J connectivity index is 0. The zero-order valence-electron chi connectivity index (χ0n) is 5.81. The third kappa shape index (κ3) is 5.80. The Morgan fingerprint density at radius 2 is 1.89 bits per heavy atom. The van der Waals surface area contributed by atoms with Gasteiger partial charge in [-0.25, -0.2) is 0 Å². The second-order valence-corrected chi connectivity index (χ2v) is 1.72. The number of ether oxygens (including phenoxy) is 2. The predicted molar refractivity (Wildman–Crippen MR) is 39.7 cm³/mol. The average molecular weight is 134 g/mol. The zero-order valence-corrected chi connectivity index (χ0v) is 5.81. The van der Waals surface area contributed by atoms with Crippen molar-refractivity contribution in [1.82, 2.24) is 0 Å². The van der Waals surface area contributed by atoms with Gasteiger partial charge < -0.3 is 9.47 Å². The molecule has 0 aliphatic rings. The van der Waals surface area contributed by atoms with Crippen molar-refractivity contribution >= 4 is 0 Å². The smallest absolute Gasteiger partial charge is 0.0801 e. The maximum absolute atomic E-state index is 5.01. The van der Waals surface area contributed by atoms with Gasteiger partial charge in [0.25, 0.3) is 0 Å². The minimum atomic E-state index is 0. The molecule has 0 fully saturated rings. The quantitative estimate of drug-likeness (QED) is 0.582. The highest BCUT2D eigenvalue weighted by atomic mass is 16.5. The SMILES string of the molecule is C.CCC(COC)OC. The van der Waals surface area contributed by atoms with Crippen LogP contribution < -0.4 is 0 Å². The lowest BCUT2D eigenvalue weighted by atomic mass is 10.3. The van der Waals surface area contributed by atoms with Gasteiger partial charge in [0, 0.05) is 14.2 Å². The Labute approximate surface area is 58.2 Å². The third-order valence-corrected chi connectivity index (χ3v) is 1.14. The molecule has 0 aromatic heterocycles. The van der Waals surface area contributed by atoms with Crippen LogP contribution in [-0.2, 0) is 9.47 Å². The van der Waals surface area contributed by atoms with Crippen LogP contribution in [-0.4, -0.2) is 26.9 Å². The Bertz CT molecular complexity index is 42.2. The van der Waals surface area contributed by atoms with Gasteiger partial charge in [-0.05, 0) is 6.42 Å². The standard InChI is InChI=1S/C6H14O2.CH4/c1-4-6(8-3)5-7-2;/h6H,4-5H2,1-3H3;1H4. The van der Waals surface area contributed by atoms with E-state index in [0.717, 1.165) is 6.42 Å². The normalized spacial score (nSPS) is 12.3. The number of hydrogen-bond donors (Lipinski definition) is 0. The first-order valence-electron chi connectivity index (χ1n) is 2.86. The Morgan fingerprint density at radius 1 is 1.33 bits per heavy atom. The molecule has 9 heavy (non-hydrogen) atoms. The van der Waals surface area contributed by atoms with Gasteiger partial charge in [-0.15, -0.1) is 0 Å². The molecule has 0 amide bonds. The van der Waals surface area contributed by atoms with Crippen LogP contribution >= 0.6 is 0 Å². The zero-order chi connectivity index (χ0) is 6.41. The summed E-state index contributed by atoms with van der Waals surface area (Å²) in [5.41, 5.74) is 0. The molecular weight excluding hydrogens is 116 g/mol. The van der Waals surface area contributed by atoms with Crippen molar-refractivity contribution < 1.29 is 9.47 Å². The van der Waals surface area contributed by atoms with Crippen molar-refractivity contribution in [3.05, 3.63) is 0 Å². The summed E-state index contributed by atoms with van der Waals surface area (Å²) < 4.78 is 9.88. The Kier molecular flexibility index (Phi) is 10.3. The minimum Gasteiger partial charge on any atom is -0.382 e. The maximum Gasteiger partial charge on any atom is 0.0801 e. The molecule has 0 N–H and O–H groups in total. The van der Waals surface area contributed by atoms with E-state index >= 15 is 0 Å². The van der Waals surface area contributed by atoms with Gasteiger partial charge in [-0.1, -0.05) is 14.4 Å². The molecule has 0 rings (SSSR count). The van der Waals surface area contributed by atoms with Gasteiger partial charge in [0.15, 0.2) is 0 Å². The van der Waals surface area contributed by atoms with Crippen LogP contribution in [0.1, 0.15) is 20.8 Å². The molecule has 2 nitrogen and oxygen atoms in total. The van der Waals surface area contributed by atoms with Crippen LogP contribution in [0.5, 0.6) is 0 Å². The fourth-order valence-corrected chi connectivity index (χ4v) is 0.538. The van der Waals surface area contributed by atoms with Crippen molar-refractivity contribution in [1.29, 1.82) is 0 Å². The van der Waals surface area contributed by atoms with E-state index in [0.29, 0.717) is 6.61 Å². The van der Waals surface area contributed by atoms with E-state index in [4.69, 9.17) is 9.47 Å². The molecule has 0 bridgehead atoms. The summed E-state index contributed by atoms with van der Waals surface area (Å²) in [6.45, 7) is 2.78. The summed E-state index contributed by atoms with van der Waals surface area (Å²) in [5.74, 6) is 0. The highest BCUT2D eigenvalue weighted by molar-refractivity contribution is 4.49. The fourth-order valence-electron chi connectivity index (χ4n) is 0.538. The highest BCUT2D eigenvalue weighted by Gasteiger charge is 2.00. The van der Waals surface area contributed by atoms with Crippen LogP contribution in [0.4, 0.5) is 0 Å². The van der Waals surface area contributed by atoms with Crippen molar-refractivity contribution in [2.24, 2.45) is 0 Å². The van der Waals surface area contributed by atoms with Crippen LogP contribution in [0.15, 0.2) is 0 Å². The van der Waals surface area contributed by atoms with Crippen molar-refractivity contribution in [2.45, 2.75) is 26.9 Å². The highest BCUT2D eigenvalue weighted by Crippen LogP contribution is 1.94. The average Bonchev–Trinajstić information content (AvgIpc) is 1.83. The van der Waals surface area contributed by atoms with E-state index in [1.165, 1.54) is 0 Å². The first-order chi connectivity index (χ1) is 3.85. The Hall–Kier alpha value is -0.0800. The van der Waals surface area contributed by atoms with Gasteiger partial charge in [-0.3, -0.25) is 0 Å². The maximum atomic E-state index is 5.01. The third-order valence-electron chi connectivity index (χ3n) is 1.14. The molecule has 0 heterocycles. The molecular formula is C7H18O2. The lowest BCUT2D eigenvalue weighted by molar-refractivity contribution is 0.0265. The van der Waals surface area contributed by atoms with Crippen LogP contribution in [0.2, 0.25) is 0 Å². The summed E-state index contributed by atoms with van der Waals surface area (Å²) in [5, 5.41) is 0. The second-order valence-electron chi connectivity index (χ2n) is 1.72. The van der Waals surface area contributed by atoms with Crippen LogP contribution in [0.25, 0.3) is 0 Å². The van der Waals surface area contributed by atoms with Crippen molar-refractivity contribution in [2.75, 3.05) is 20.8 Å². The van der Waals surface area contributed by atoms with E-state index in [-0.39, 0.29) is 13.5 Å². The molecule has 58 valence electrons. The van der Waals surface area contributed by atoms with E-state index in [9.17, 15) is 0 Å². The lowest BCUT2D eigenvalue weighted by Gasteiger charge is -2.09. The molecule has 1 atom stereocenters. The lowest BCUT2D eigenvalue weighted by Crippen LogP contribution is -2.15. The van der Waals surface area contributed by atoms with Gasteiger partial charge in [0.1, 0.15) is 0 Å². The van der Waals surface area contributed by atoms with Crippen molar-refractivity contribution in [3.8, 4) is 0 Å². The molecule has 0 saturated heterocycles. The van der Waals surface area contributed by atoms with Gasteiger partial charge in [-0.2, -0.15) is 0 Å². The van der Waals surface area contributed by atoms with Gasteiger partial charge in [0.2, 0.25) is 0 Å². The molecule has 0 spiro atoms.